The molecule has 0 radical (unpaired) electrons. The Hall–Kier alpha value is -5.80. The van der Waals surface area contributed by atoms with Crippen molar-refractivity contribution in [2.24, 2.45) is 5.73 Å². The number of carboxylic acid groups (broad SMARTS) is 1. The number of carbonyl (C=O) groups excluding carboxylic acids is 2. The number of carbonyl (C=O) groups is 3. The number of nitrogens with two attached hydrogens (primary N) is 1. The van der Waals surface area contributed by atoms with Crippen LogP contribution in [0.25, 0.3) is 0 Å². The number of carboxylic acids is 1. The lowest BCUT2D eigenvalue weighted by Gasteiger charge is -2.28. The molecule has 0 aliphatic heterocycles. The highest BCUT2D eigenvalue weighted by atomic mass is 79.9. The highest BCUT2D eigenvalue weighted by molar-refractivity contribution is 9.09. The topological polar surface area (TPSA) is 180 Å². The van der Waals surface area contributed by atoms with Crippen molar-refractivity contribution in [3.05, 3.63) is 177 Å². The molecule has 1 amide bonds. The third-order valence-corrected chi connectivity index (χ3v) is 10.2. The number of hydrogen-bond donors (Lipinski definition) is 4. The Balaban J connectivity index is 0.000000427. The summed E-state index contributed by atoms with van der Waals surface area (Å²) in [6, 6.07) is 34.0. The molecule has 66 heavy (non-hydrogen) atoms. The van der Waals surface area contributed by atoms with Crippen LogP contribution < -0.4 is 11.1 Å². The molecule has 0 aliphatic rings. The molecule has 0 saturated carbocycles. The molecule has 7 atom stereocenters. The van der Waals surface area contributed by atoms with Crippen LogP contribution in [0.2, 0.25) is 0 Å². The summed E-state index contributed by atoms with van der Waals surface area (Å²) in [6.07, 6.45) is -3.70. The number of hydrogen-bond acceptors (Lipinski definition) is 7. The third kappa shape index (κ3) is 20.2. The first-order chi connectivity index (χ1) is 31.0. The Labute approximate surface area is 393 Å². The predicted molar refractivity (Wildman–Crippen MR) is 250 cm³/mol. The van der Waals surface area contributed by atoms with Crippen LogP contribution in [0.5, 0.6) is 0 Å². The minimum absolute atomic E-state index is 0.0253. The lowest BCUT2D eigenvalue weighted by atomic mass is 9.89. The van der Waals surface area contributed by atoms with E-state index in [1.165, 1.54) is 36.8 Å². The Morgan fingerprint density at radius 3 is 1.41 bits per heavy atom. The van der Waals surface area contributed by atoms with Gasteiger partial charge in [0, 0.05) is 12.5 Å². The molecule has 10 nitrogen and oxygen atoms in total. The molecule has 5 rings (SSSR count). The van der Waals surface area contributed by atoms with Gasteiger partial charge in [-0.1, -0.05) is 149 Å². The molecule has 0 heterocycles. The first-order valence-electron chi connectivity index (χ1n) is 20.1. The first-order valence-corrected chi connectivity index (χ1v) is 22.1. The Morgan fingerprint density at radius 2 is 1.09 bits per heavy atom. The molecule has 0 saturated heterocycles. The van der Waals surface area contributed by atoms with Crippen molar-refractivity contribution in [1.82, 2.24) is 5.32 Å². The van der Waals surface area contributed by atoms with E-state index in [0.29, 0.717) is 11.1 Å². The van der Waals surface area contributed by atoms with Gasteiger partial charge in [0.25, 0.3) is 5.54 Å². The number of alkyl halides is 6. The van der Waals surface area contributed by atoms with E-state index in [1.54, 1.807) is 78.9 Å². The van der Waals surface area contributed by atoms with Crippen LogP contribution in [-0.4, -0.2) is 49.9 Å². The van der Waals surface area contributed by atoms with Gasteiger partial charge >= 0.3 is 11.9 Å². The third-order valence-electron chi connectivity index (χ3n) is 9.01. The molecule has 5 aromatic carbocycles. The van der Waals surface area contributed by atoms with Crippen LogP contribution in [0.4, 0.5) is 22.0 Å². The molecule has 356 valence electrons. The minimum atomic E-state index is -2.43. The Bertz CT molecular complexity index is 2300. The first kappa shape index (κ1) is 58.2. The number of amides is 1. The van der Waals surface area contributed by atoms with E-state index in [2.05, 4.69) is 21.2 Å². The van der Waals surface area contributed by atoms with Gasteiger partial charge in [-0.2, -0.15) is 5.26 Å². The van der Waals surface area contributed by atoms with Crippen molar-refractivity contribution in [2.45, 2.75) is 89.6 Å². The van der Waals surface area contributed by atoms with Crippen LogP contribution in [0.1, 0.15) is 92.4 Å². The summed E-state index contributed by atoms with van der Waals surface area (Å²) in [4.78, 5) is 33.7. The zero-order chi connectivity index (χ0) is 50.1. The van der Waals surface area contributed by atoms with E-state index in [-0.39, 0.29) is 24.4 Å². The molecule has 0 aliphatic carbocycles. The summed E-state index contributed by atoms with van der Waals surface area (Å²) in [7, 11) is 0. The van der Waals surface area contributed by atoms with Gasteiger partial charge in [0.15, 0.2) is 28.5 Å². The number of benzene rings is 5. The average molecular weight is 1000 g/mol. The summed E-state index contributed by atoms with van der Waals surface area (Å²) in [5.41, 5.74) is 8.25. The van der Waals surface area contributed by atoms with E-state index >= 15 is 0 Å². The second kappa shape index (κ2) is 29.7. The van der Waals surface area contributed by atoms with Gasteiger partial charge in [0.05, 0.1) is 6.61 Å². The lowest BCUT2D eigenvalue weighted by Crippen LogP contribution is -2.56. The molecule has 0 spiro atoms. The highest BCUT2D eigenvalue weighted by Gasteiger charge is 2.50. The Kier molecular flexibility index (Phi) is 26.2. The van der Waals surface area contributed by atoms with Crippen molar-refractivity contribution in [1.29, 1.82) is 5.26 Å². The number of ether oxygens (including phenoxy) is 1. The molecule has 7 unspecified atom stereocenters. The zero-order valence-electron chi connectivity index (χ0n) is 37.5. The van der Waals surface area contributed by atoms with Crippen molar-refractivity contribution in [3.63, 3.8) is 0 Å². The number of aliphatic carboxylic acids is 1. The van der Waals surface area contributed by atoms with Crippen molar-refractivity contribution < 1.29 is 54.9 Å². The molecule has 17 heteroatoms. The van der Waals surface area contributed by atoms with Gasteiger partial charge in [-0.25, -0.2) is 31.0 Å². The fourth-order valence-corrected chi connectivity index (χ4v) is 5.86. The quantitative estimate of drug-likeness (QED) is 0.0409. The molecule has 0 fully saturated rings. The van der Waals surface area contributed by atoms with Crippen molar-refractivity contribution >= 4 is 44.9 Å². The number of halogens is 6. The largest absolute Gasteiger partial charge is 0.480 e. The number of nitriles is 1. The monoisotopic (exact) mass is 1000 g/mol. The van der Waals surface area contributed by atoms with Crippen LogP contribution in [0, 0.1) is 45.9 Å². The van der Waals surface area contributed by atoms with E-state index in [0.717, 1.165) is 34.7 Å². The van der Waals surface area contributed by atoms with Crippen LogP contribution >= 0.6 is 15.9 Å². The zero-order valence-corrected chi connectivity index (χ0v) is 39.9. The average Bonchev–Trinajstić information content (AvgIpc) is 3.29. The number of nitrogens with zero attached hydrogens (tertiary/aromatic N) is 1. The van der Waals surface area contributed by atoms with Gasteiger partial charge < -0.3 is 25.4 Å². The minimum Gasteiger partial charge on any atom is -0.480 e. The maximum Gasteiger partial charge on any atom is 0.350 e. The summed E-state index contributed by atoms with van der Waals surface area (Å²) < 4.78 is 88.9. The lowest BCUT2D eigenvalue weighted by molar-refractivity contribution is -0.153. The summed E-state index contributed by atoms with van der Waals surface area (Å²) in [6.45, 7) is 11.8. The number of rotatable bonds is 12. The van der Waals surface area contributed by atoms with Gasteiger partial charge in [0.2, 0.25) is 11.4 Å². The normalized spacial score (nSPS) is 13.8. The second-order valence-electron chi connectivity index (χ2n) is 14.6. The van der Waals surface area contributed by atoms with E-state index in [9.17, 15) is 45.8 Å². The van der Waals surface area contributed by atoms with Crippen LogP contribution in [-0.2, 0) is 36.9 Å². The van der Waals surface area contributed by atoms with Gasteiger partial charge in [0.1, 0.15) is 18.8 Å². The van der Waals surface area contributed by atoms with Crippen molar-refractivity contribution in [2.75, 3.05) is 6.61 Å². The molecular weight excluding hydrogens is 950 g/mol. The van der Waals surface area contributed by atoms with E-state index in [4.69, 9.17) is 20.1 Å². The van der Waals surface area contributed by atoms with Crippen LogP contribution in [0.15, 0.2) is 121 Å². The summed E-state index contributed by atoms with van der Waals surface area (Å²) in [5, 5.41) is 18.9. The fourth-order valence-electron chi connectivity index (χ4n) is 5.16. The molecular formula is C49H55BrF5N3O7S. The fraction of sp³-hybridized carbons (Fsp3) is 0.306. The maximum atomic E-state index is 14.8. The van der Waals surface area contributed by atoms with Gasteiger partial charge in [-0.05, 0) is 79.7 Å². The molecule has 5 N–H and O–H groups in total. The highest BCUT2D eigenvalue weighted by Crippen LogP contribution is 2.31. The molecule has 5 aromatic rings. The molecule has 0 bridgehead atoms. The number of aryl methyl sites for hydroxylation is 5. The second-order valence-corrected chi connectivity index (χ2v) is 16.4. The van der Waals surface area contributed by atoms with E-state index in [1.807, 2.05) is 58.9 Å². The number of esters is 1. The Morgan fingerprint density at radius 1 is 0.727 bits per heavy atom. The smallest absolute Gasteiger partial charge is 0.350 e. The predicted octanol–water partition coefficient (Wildman–Crippen LogP) is 11.4. The van der Waals surface area contributed by atoms with Crippen LogP contribution in [0.3, 0.4) is 0 Å². The van der Waals surface area contributed by atoms with Crippen molar-refractivity contribution in [3.8, 4) is 6.07 Å². The van der Waals surface area contributed by atoms with Gasteiger partial charge in [-0.15, -0.1) is 0 Å². The standard InChI is InChI=1S/C15H17FN2O3.C10H12FNO2.C8H8BrF.C8H9FO2S.C8H9F/c1-4-21-14(20)15(9-17,18-11(3)19)13(16)12-7-5-10(2)6-8-12;1-6-2-4-7(5-3-6)8(11)9(12)10(13)14;1-6-2-4-7(5-3-6)8(9)10;1-6-2-4-7(5-3-6)8(9)12(10)11;1-7-2-4-8(6-9)5-3-7/h5-8,13H,4H2,1-3H3,(H,18,19);2-5,8-9H,12H2,1H3,(H,13,14);2-5,8H,1H3;2-5,8H,1H3,(H,10,11);2-5H,6H2,1H3. The number of nitrogens with one attached hydrogen (secondary N) is 1. The van der Waals surface area contributed by atoms with Gasteiger partial charge in [-0.3, -0.25) is 9.59 Å². The van der Waals surface area contributed by atoms with E-state index < -0.39 is 63.4 Å². The summed E-state index contributed by atoms with van der Waals surface area (Å²) in [5.74, 6) is -3.15. The maximum absolute atomic E-state index is 14.8. The molecule has 0 aromatic heterocycles. The SMILES string of the molecule is CCOC(=O)C(C#N)(NC(C)=O)C(F)c1ccc(C)cc1.Cc1ccc(C(F)Br)cc1.Cc1ccc(C(F)C(N)C(=O)O)cc1.Cc1ccc(C(F)S(=O)O)cc1.Cc1ccc(CF)cc1. The summed E-state index contributed by atoms with van der Waals surface area (Å²) >= 11 is 0.406.